The summed E-state index contributed by atoms with van der Waals surface area (Å²) in [5.74, 6) is 5.70. The summed E-state index contributed by atoms with van der Waals surface area (Å²) < 4.78 is 5.47. The van der Waals surface area contributed by atoms with Crippen molar-refractivity contribution in [1.82, 2.24) is 0 Å². The highest BCUT2D eigenvalue weighted by atomic mass is 16.6. The van der Waals surface area contributed by atoms with Gasteiger partial charge in [0.1, 0.15) is 11.4 Å². The average molecular weight is 270 g/mol. The van der Waals surface area contributed by atoms with Crippen molar-refractivity contribution in [3.8, 4) is 17.6 Å². The number of nitrogen functional groups attached to an aromatic ring is 1. The smallest absolute Gasteiger partial charge is 0.335 e. The highest BCUT2D eigenvalue weighted by Crippen LogP contribution is 2.36. The fraction of sp³-hybridized carbons (Fsp3) is 0. The number of hydrogen-bond acceptors (Lipinski definition) is 6. The van der Waals surface area contributed by atoms with Gasteiger partial charge < -0.3 is 10.2 Å². The Morgan fingerprint density at radius 2 is 1.95 bits per heavy atom. The number of nitrogens with two attached hydrogens (primary N) is 1. The van der Waals surface area contributed by atoms with Crippen LogP contribution < -0.4 is 16.0 Å². The number of ether oxygens (including phenoxy) is 1. The third-order valence-corrected chi connectivity index (χ3v) is 2.55. The number of hydrazine groups is 1. The largest absolute Gasteiger partial charge is 0.450 e. The summed E-state index contributed by atoms with van der Waals surface area (Å²) in [5.41, 5.74) is 2.64. The van der Waals surface area contributed by atoms with Crippen LogP contribution in [0, 0.1) is 21.4 Å². The van der Waals surface area contributed by atoms with Crippen molar-refractivity contribution >= 4 is 11.4 Å². The Balaban J connectivity index is 2.37. The number of benzene rings is 2. The fourth-order valence-corrected chi connectivity index (χ4v) is 1.63. The number of nitro groups is 1. The van der Waals surface area contributed by atoms with Gasteiger partial charge in [0, 0.05) is 0 Å². The number of anilines is 1. The number of nitrogens with zero attached hydrogens (tertiary/aromatic N) is 2. The Labute approximate surface area is 114 Å². The lowest BCUT2D eigenvalue weighted by atomic mass is 10.2. The van der Waals surface area contributed by atoms with E-state index in [2.05, 4.69) is 5.43 Å². The van der Waals surface area contributed by atoms with Crippen LogP contribution in [0.4, 0.5) is 11.4 Å². The van der Waals surface area contributed by atoms with Gasteiger partial charge in [-0.25, -0.2) is 0 Å². The minimum absolute atomic E-state index is 0.0650. The van der Waals surface area contributed by atoms with E-state index >= 15 is 0 Å². The van der Waals surface area contributed by atoms with E-state index in [4.69, 9.17) is 15.8 Å². The van der Waals surface area contributed by atoms with Crippen LogP contribution in [0.15, 0.2) is 42.5 Å². The molecule has 20 heavy (non-hydrogen) atoms. The van der Waals surface area contributed by atoms with E-state index in [9.17, 15) is 10.1 Å². The molecule has 2 aromatic rings. The van der Waals surface area contributed by atoms with E-state index in [0.717, 1.165) is 0 Å². The van der Waals surface area contributed by atoms with Crippen molar-refractivity contribution in [3.05, 3.63) is 58.1 Å². The lowest BCUT2D eigenvalue weighted by molar-refractivity contribution is -0.384. The summed E-state index contributed by atoms with van der Waals surface area (Å²) in [5, 5.41) is 19.8. The van der Waals surface area contributed by atoms with Gasteiger partial charge in [-0.15, -0.1) is 0 Å². The third kappa shape index (κ3) is 2.66. The van der Waals surface area contributed by atoms with E-state index in [0.29, 0.717) is 11.3 Å². The van der Waals surface area contributed by atoms with Gasteiger partial charge in [0.25, 0.3) is 0 Å². The van der Waals surface area contributed by atoms with Crippen molar-refractivity contribution in [2.24, 2.45) is 5.84 Å². The van der Waals surface area contributed by atoms with Gasteiger partial charge >= 0.3 is 5.69 Å². The number of nitro benzene ring substituents is 1. The van der Waals surface area contributed by atoms with Crippen LogP contribution in [-0.2, 0) is 0 Å². The highest BCUT2D eigenvalue weighted by Gasteiger charge is 2.20. The SMILES string of the molecule is N#Cc1ccc(Oc2cccc(NN)c2[N+](=O)[O-])cc1. The normalized spacial score (nSPS) is 9.60. The first kappa shape index (κ1) is 13.3. The van der Waals surface area contributed by atoms with Crippen LogP contribution in [0.2, 0.25) is 0 Å². The quantitative estimate of drug-likeness (QED) is 0.501. The molecular weight excluding hydrogens is 260 g/mol. The Hall–Kier alpha value is -3.11. The summed E-state index contributed by atoms with van der Waals surface area (Å²) in [6.45, 7) is 0. The maximum Gasteiger partial charge on any atom is 0.335 e. The lowest BCUT2D eigenvalue weighted by Gasteiger charge is -2.08. The van der Waals surface area contributed by atoms with Crippen LogP contribution in [-0.4, -0.2) is 4.92 Å². The molecule has 7 heteroatoms. The molecule has 0 unspecified atom stereocenters. The van der Waals surface area contributed by atoms with Gasteiger partial charge in [0.15, 0.2) is 0 Å². The van der Waals surface area contributed by atoms with E-state index in [1.165, 1.54) is 12.1 Å². The second kappa shape index (κ2) is 5.69. The predicted octanol–water partition coefficient (Wildman–Crippen LogP) is 2.54. The molecule has 3 N–H and O–H groups in total. The molecule has 0 aliphatic rings. The van der Waals surface area contributed by atoms with E-state index in [1.807, 2.05) is 6.07 Å². The first-order valence-corrected chi connectivity index (χ1v) is 5.57. The zero-order valence-electron chi connectivity index (χ0n) is 10.2. The van der Waals surface area contributed by atoms with Crippen LogP contribution in [0.25, 0.3) is 0 Å². The Morgan fingerprint density at radius 1 is 1.25 bits per heavy atom. The van der Waals surface area contributed by atoms with Crippen LogP contribution in [0.1, 0.15) is 5.56 Å². The maximum atomic E-state index is 11.1. The molecule has 0 aliphatic heterocycles. The van der Waals surface area contributed by atoms with Gasteiger partial charge in [-0.05, 0) is 36.4 Å². The van der Waals surface area contributed by atoms with E-state index in [1.54, 1.807) is 30.3 Å². The van der Waals surface area contributed by atoms with Crippen LogP contribution in [0.3, 0.4) is 0 Å². The zero-order chi connectivity index (χ0) is 14.5. The predicted molar refractivity (Wildman–Crippen MR) is 72.1 cm³/mol. The van der Waals surface area contributed by atoms with Crippen LogP contribution >= 0.6 is 0 Å². The molecular formula is C13H10N4O3. The summed E-state index contributed by atoms with van der Waals surface area (Å²) >= 11 is 0. The molecule has 100 valence electrons. The molecule has 0 saturated heterocycles. The van der Waals surface area contributed by atoms with Gasteiger partial charge in [0.2, 0.25) is 5.75 Å². The number of rotatable bonds is 4. The second-order valence-electron chi connectivity index (χ2n) is 3.79. The first-order chi connectivity index (χ1) is 9.65. The Morgan fingerprint density at radius 3 is 2.50 bits per heavy atom. The number of nitrogens with one attached hydrogen (secondary N) is 1. The van der Waals surface area contributed by atoms with Crippen LogP contribution in [0.5, 0.6) is 11.5 Å². The van der Waals surface area contributed by atoms with E-state index < -0.39 is 4.92 Å². The molecule has 0 spiro atoms. The molecule has 0 heterocycles. The van der Waals surface area contributed by atoms with Crippen molar-refractivity contribution < 1.29 is 9.66 Å². The maximum absolute atomic E-state index is 11.1. The molecule has 0 radical (unpaired) electrons. The van der Waals surface area contributed by atoms with Crippen molar-refractivity contribution in [3.63, 3.8) is 0 Å². The lowest BCUT2D eigenvalue weighted by Crippen LogP contribution is -2.09. The summed E-state index contributed by atoms with van der Waals surface area (Å²) in [7, 11) is 0. The molecule has 0 fully saturated rings. The molecule has 7 nitrogen and oxygen atoms in total. The van der Waals surface area contributed by atoms with E-state index in [-0.39, 0.29) is 17.1 Å². The minimum Gasteiger partial charge on any atom is -0.450 e. The third-order valence-electron chi connectivity index (χ3n) is 2.55. The molecule has 0 amide bonds. The first-order valence-electron chi connectivity index (χ1n) is 5.57. The van der Waals surface area contributed by atoms with Gasteiger partial charge in [0.05, 0.1) is 16.6 Å². The minimum atomic E-state index is -0.575. The average Bonchev–Trinajstić information content (AvgIpc) is 2.47. The van der Waals surface area contributed by atoms with Gasteiger partial charge in [-0.2, -0.15) is 5.26 Å². The Bertz CT molecular complexity index is 677. The number of hydrogen-bond donors (Lipinski definition) is 2. The van der Waals surface area contributed by atoms with Gasteiger partial charge in [-0.3, -0.25) is 16.0 Å². The summed E-state index contributed by atoms with van der Waals surface area (Å²) in [4.78, 5) is 10.5. The summed E-state index contributed by atoms with van der Waals surface area (Å²) in [6.07, 6.45) is 0. The zero-order valence-corrected chi connectivity index (χ0v) is 10.2. The Kier molecular flexibility index (Phi) is 3.79. The second-order valence-corrected chi connectivity index (χ2v) is 3.79. The molecule has 0 saturated carbocycles. The molecule has 0 aromatic heterocycles. The van der Waals surface area contributed by atoms with Gasteiger partial charge in [-0.1, -0.05) is 6.07 Å². The monoisotopic (exact) mass is 270 g/mol. The van der Waals surface area contributed by atoms with Crippen molar-refractivity contribution in [1.29, 1.82) is 5.26 Å². The number of para-hydroxylation sites is 1. The standard InChI is InChI=1S/C13H10N4O3/c14-8-9-4-6-10(7-5-9)20-12-3-1-2-11(16-15)13(12)17(18)19/h1-7,16H,15H2. The number of nitriles is 1. The molecule has 0 bridgehead atoms. The molecule has 2 aromatic carbocycles. The van der Waals surface area contributed by atoms with Crippen molar-refractivity contribution in [2.75, 3.05) is 5.43 Å². The summed E-state index contributed by atoms with van der Waals surface area (Å²) in [6, 6.07) is 12.7. The highest BCUT2D eigenvalue weighted by molar-refractivity contribution is 5.68. The fourth-order valence-electron chi connectivity index (χ4n) is 1.63. The molecule has 0 atom stereocenters. The molecule has 0 aliphatic carbocycles. The van der Waals surface area contributed by atoms with Crippen molar-refractivity contribution in [2.45, 2.75) is 0 Å². The molecule has 2 rings (SSSR count). The topological polar surface area (TPSA) is 114 Å².